The maximum absolute atomic E-state index is 6.09. The normalized spacial score (nSPS) is 19.8. The first-order valence-corrected chi connectivity index (χ1v) is 9.56. The number of aromatic nitrogens is 4. The highest BCUT2D eigenvalue weighted by Crippen LogP contribution is 2.28. The van der Waals surface area contributed by atoms with Crippen molar-refractivity contribution in [3.05, 3.63) is 40.8 Å². The molecule has 1 saturated carbocycles. The molecule has 27 heavy (non-hydrogen) atoms. The lowest BCUT2D eigenvalue weighted by atomic mass is 9.92. The summed E-state index contributed by atoms with van der Waals surface area (Å²) in [5.41, 5.74) is 8.03. The Labute approximate surface area is 166 Å². The Morgan fingerprint density at radius 1 is 1.00 bits per heavy atom. The number of anilines is 3. The lowest BCUT2D eigenvalue weighted by Crippen LogP contribution is -2.33. The van der Waals surface area contributed by atoms with Gasteiger partial charge < -0.3 is 16.4 Å². The molecule has 1 aliphatic rings. The zero-order valence-corrected chi connectivity index (χ0v) is 16.0. The van der Waals surface area contributed by atoms with E-state index in [0.717, 1.165) is 31.4 Å². The number of nitrogens with two attached hydrogens (primary N) is 1. The molecule has 2 heterocycles. The average molecular weight is 404 g/mol. The van der Waals surface area contributed by atoms with Crippen LogP contribution in [0.3, 0.4) is 0 Å². The van der Waals surface area contributed by atoms with Crippen LogP contribution < -0.4 is 16.4 Å². The summed E-state index contributed by atoms with van der Waals surface area (Å²) in [5.74, 6) is 1.14. The zero-order valence-electron chi connectivity index (χ0n) is 14.5. The molecule has 0 spiro atoms. The Morgan fingerprint density at radius 2 is 1.81 bits per heavy atom. The molecule has 140 valence electrons. The highest BCUT2D eigenvalue weighted by atomic mass is 35.5. The van der Waals surface area contributed by atoms with E-state index in [1.165, 1.54) is 6.33 Å². The van der Waals surface area contributed by atoms with Crippen molar-refractivity contribution in [2.75, 3.05) is 10.6 Å². The third-order valence-electron chi connectivity index (χ3n) is 4.66. The van der Waals surface area contributed by atoms with Crippen LogP contribution in [0, 0.1) is 0 Å². The summed E-state index contributed by atoms with van der Waals surface area (Å²) < 4.78 is 0. The molecule has 7 nitrogen and oxygen atoms in total. The van der Waals surface area contributed by atoms with Crippen LogP contribution in [0.15, 0.2) is 30.7 Å². The van der Waals surface area contributed by atoms with Gasteiger partial charge in [0.25, 0.3) is 0 Å². The van der Waals surface area contributed by atoms with Gasteiger partial charge >= 0.3 is 0 Å². The minimum Gasteiger partial charge on any atom is -0.351 e. The van der Waals surface area contributed by atoms with E-state index in [0.29, 0.717) is 44.9 Å². The van der Waals surface area contributed by atoms with E-state index in [2.05, 4.69) is 30.6 Å². The van der Waals surface area contributed by atoms with Crippen LogP contribution in [0.4, 0.5) is 17.5 Å². The molecule has 0 unspecified atom stereocenters. The summed E-state index contributed by atoms with van der Waals surface area (Å²) in [6.45, 7) is 0. The number of halogens is 2. The van der Waals surface area contributed by atoms with Crippen LogP contribution in [-0.4, -0.2) is 32.0 Å². The van der Waals surface area contributed by atoms with Gasteiger partial charge in [0.05, 0.1) is 16.2 Å². The standard InChI is InChI=1S/C18H19Cl2N7/c19-13-6-5-12(7-14(13)20)25-17-16-15(23-9-24-17)8-22-18(27-16)26-11-3-1-10(21)2-4-11/h5-11H,1-4,21H2,(H,22,26,27)(H,23,24,25). The van der Waals surface area contributed by atoms with Gasteiger partial charge in [0, 0.05) is 17.8 Å². The average Bonchev–Trinajstić information content (AvgIpc) is 2.67. The smallest absolute Gasteiger partial charge is 0.223 e. The molecule has 0 atom stereocenters. The minimum absolute atomic E-state index is 0.302. The summed E-state index contributed by atoms with van der Waals surface area (Å²) >= 11 is 12.1. The van der Waals surface area contributed by atoms with E-state index in [1.807, 2.05) is 6.07 Å². The lowest BCUT2D eigenvalue weighted by Gasteiger charge is -2.26. The topological polar surface area (TPSA) is 102 Å². The predicted molar refractivity (Wildman–Crippen MR) is 109 cm³/mol. The number of hydrogen-bond acceptors (Lipinski definition) is 7. The summed E-state index contributed by atoms with van der Waals surface area (Å²) in [6, 6.07) is 5.93. The maximum atomic E-state index is 6.09. The Kier molecular flexibility index (Phi) is 5.24. The molecule has 2 aromatic heterocycles. The van der Waals surface area contributed by atoms with Crippen molar-refractivity contribution >= 4 is 51.7 Å². The molecule has 0 saturated heterocycles. The quantitative estimate of drug-likeness (QED) is 0.600. The molecule has 1 aliphatic carbocycles. The zero-order chi connectivity index (χ0) is 18.8. The number of nitrogens with zero attached hydrogens (tertiary/aromatic N) is 4. The van der Waals surface area contributed by atoms with Gasteiger partial charge in [0.15, 0.2) is 5.82 Å². The van der Waals surface area contributed by atoms with Crippen LogP contribution in [0.25, 0.3) is 11.0 Å². The molecule has 0 amide bonds. The Hall–Kier alpha value is -2.22. The van der Waals surface area contributed by atoms with Crippen LogP contribution in [-0.2, 0) is 0 Å². The second-order valence-corrected chi connectivity index (χ2v) is 7.47. The summed E-state index contributed by atoms with van der Waals surface area (Å²) in [6.07, 6.45) is 7.23. The van der Waals surface area contributed by atoms with Gasteiger partial charge in [-0.25, -0.2) is 19.9 Å². The van der Waals surface area contributed by atoms with Crippen LogP contribution in [0.1, 0.15) is 25.7 Å². The van der Waals surface area contributed by atoms with Crippen LogP contribution in [0.5, 0.6) is 0 Å². The largest absolute Gasteiger partial charge is 0.351 e. The molecule has 0 aliphatic heterocycles. The van der Waals surface area contributed by atoms with Crippen molar-refractivity contribution in [3.63, 3.8) is 0 Å². The third-order valence-corrected chi connectivity index (χ3v) is 5.40. The molecule has 4 N–H and O–H groups in total. The van der Waals surface area contributed by atoms with Gasteiger partial charge in [-0.3, -0.25) is 0 Å². The van der Waals surface area contributed by atoms with Crippen molar-refractivity contribution in [2.45, 2.75) is 37.8 Å². The van der Waals surface area contributed by atoms with Gasteiger partial charge in [0.2, 0.25) is 5.95 Å². The molecule has 0 radical (unpaired) electrons. The van der Waals surface area contributed by atoms with E-state index in [-0.39, 0.29) is 0 Å². The van der Waals surface area contributed by atoms with Crippen LogP contribution in [0.2, 0.25) is 10.0 Å². The fraction of sp³-hybridized carbons (Fsp3) is 0.333. The summed E-state index contributed by atoms with van der Waals surface area (Å²) in [5, 5.41) is 7.59. The Morgan fingerprint density at radius 3 is 2.59 bits per heavy atom. The van der Waals surface area contributed by atoms with E-state index in [1.54, 1.807) is 18.3 Å². The van der Waals surface area contributed by atoms with Crippen molar-refractivity contribution in [1.29, 1.82) is 0 Å². The Bertz CT molecular complexity index is 958. The van der Waals surface area contributed by atoms with Gasteiger partial charge in [-0.2, -0.15) is 0 Å². The van der Waals surface area contributed by atoms with Crippen LogP contribution >= 0.6 is 23.2 Å². The first-order valence-electron chi connectivity index (χ1n) is 8.80. The number of benzene rings is 1. The molecule has 3 aromatic rings. The SMILES string of the molecule is NC1CCC(Nc2ncc3ncnc(Nc4ccc(Cl)c(Cl)c4)c3n2)CC1. The third kappa shape index (κ3) is 4.21. The second-order valence-electron chi connectivity index (χ2n) is 6.66. The lowest BCUT2D eigenvalue weighted by molar-refractivity contribution is 0.410. The molecular weight excluding hydrogens is 385 g/mol. The van der Waals surface area contributed by atoms with E-state index in [4.69, 9.17) is 28.9 Å². The first kappa shape index (κ1) is 18.2. The molecule has 1 aromatic carbocycles. The predicted octanol–water partition coefficient (Wildman–Crippen LogP) is 4.15. The first-order chi connectivity index (χ1) is 13.1. The van der Waals surface area contributed by atoms with E-state index < -0.39 is 0 Å². The number of rotatable bonds is 4. The molecule has 4 rings (SSSR count). The van der Waals surface area contributed by atoms with E-state index >= 15 is 0 Å². The van der Waals surface area contributed by atoms with Crippen molar-refractivity contribution < 1.29 is 0 Å². The minimum atomic E-state index is 0.302. The van der Waals surface area contributed by atoms with Gasteiger partial charge in [-0.15, -0.1) is 0 Å². The number of fused-ring (bicyclic) bond motifs is 1. The summed E-state index contributed by atoms with van der Waals surface area (Å²) in [7, 11) is 0. The van der Waals surface area contributed by atoms with Crippen molar-refractivity contribution in [3.8, 4) is 0 Å². The Balaban J connectivity index is 1.60. The maximum Gasteiger partial charge on any atom is 0.223 e. The van der Waals surface area contributed by atoms with Crippen molar-refractivity contribution in [1.82, 2.24) is 19.9 Å². The summed E-state index contributed by atoms with van der Waals surface area (Å²) in [4.78, 5) is 17.6. The van der Waals surface area contributed by atoms with Gasteiger partial charge in [-0.05, 0) is 43.9 Å². The molecule has 0 bridgehead atoms. The molecular formula is C18H19Cl2N7. The van der Waals surface area contributed by atoms with E-state index in [9.17, 15) is 0 Å². The monoisotopic (exact) mass is 403 g/mol. The molecule has 1 fully saturated rings. The number of nitrogens with one attached hydrogen (secondary N) is 2. The highest BCUT2D eigenvalue weighted by molar-refractivity contribution is 6.42. The highest BCUT2D eigenvalue weighted by Gasteiger charge is 2.19. The van der Waals surface area contributed by atoms with Crippen molar-refractivity contribution in [2.24, 2.45) is 5.73 Å². The fourth-order valence-corrected chi connectivity index (χ4v) is 3.47. The fourth-order valence-electron chi connectivity index (χ4n) is 3.17. The second kappa shape index (κ2) is 7.80. The van der Waals surface area contributed by atoms with Gasteiger partial charge in [-0.1, -0.05) is 23.2 Å². The number of hydrogen-bond donors (Lipinski definition) is 3. The van der Waals surface area contributed by atoms with Gasteiger partial charge in [0.1, 0.15) is 17.4 Å². The molecule has 9 heteroatoms.